The molecule has 0 aliphatic rings. The molecule has 2 nitrogen and oxygen atoms in total. The topological polar surface area (TPSA) is 32.6 Å². The molecule has 0 amide bonds. The highest BCUT2D eigenvalue weighted by Gasteiger charge is 1.82. The first kappa shape index (κ1) is 8.08. The van der Waals surface area contributed by atoms with Gasteiger partial charge in [0, 0.05) is 6.21 Å². The molecule has 0 atom stereocenters. The Labute approximate surface area is 55.9 Å². The number of nitrogens with zero attached hydrogens (tertiary/aromatic N) is 1. The van der Waals surface area contributed by atoms with Crippen LogP contribution >= 0.6 is 0 Å². The van der Waals surface area contributed by atoms with Crippen molar-refractivity contribution in [2.45, 2.75) is 19.3 Å². The molecule has 0 radical (unpaired) electrons. The lowest BCUT2D eigenvalue weighted by Gasteiger charge is -1.84. The number of aliphatic imine (C=N–C) groups is 1. The van der Waals surface area contributed by atoms with Gasteiger partial charge in [-0.05, 0) is 19.4 Å². The molecular weight excluding hydrogens is 114 g/mol. The van der Waals surface area contributed by atoms with Crippen molar-refractivity contribution in [3.8, 4) is 0 Å². The van der Waals surface area contributed by atoms with Gasteiger partial charge in [0.05, 0.1) is 13.3 Å². The summed E-state index contributed by atoms with van der Waals surface area (Å²) in [4.78, 5) is 3.57. The van der Waals surface area contributed by atoms with E-state index in [0.717, 1.165) is 19.3 Å². The van der Waals surface area contributed by atoms with Crippen LogP contribution in [0.1, 0.15) is 19.3 Å². The molecule has 0 aliphatic carbocycles. The van der Waals surface area contributed by atoms with Crippen LogP contribution in [0.3, 0.4) is 0 Å². The van der Waals surface area contributed by atoms with Crippen LogP contribution in [-0.4, -0.2) is 11.3 Å². The van der Waals surface area contributed by atoms with Crippen LogP contribution in [0.15, 0.2) is 17.5 Å². The molecule has 50 valence electrons. The van der Waals surface area contributed by atoms with Gasteiger partial charge in [0.2, 0.25) is 5.88 Å². The second kappa shape index (κ2) is 5.22. The van der Waals surface area contributed by atoms with Gasteiger partial charge >= 0.3 is 0 Å². The van der Waals surface area contributed by atoms with E-state index in [9.17, 15) is 0 Å². The summed E-state index contributed by atoms with van der Waals surface area (Å²) in [7, 11) is 0. The number of hydrogen-bond acceptors (Lipinski definition) is 2. The molecule has 0 rings (SSSR count). The first-order chi connectivity index (χ1) is 4.27. The van der Waals surface area contributed by atoms with Crippen LogP contribution in [0, 0.1) is 6.92 Å². The fourth-order valence-corrected chi connectivity index (χ4v) is 0.406. The van der Waals surface area contributed by atoms with Crippen molar-refractivity contribution < 1.29 is 5.11 Å². The van der Waals surface area contributed by atoms with Crippen molar-refractivity contribution in [2.24, 2.45) is 4.99 Å². The van der Waals surface area contributed by atoms with Gasteiger partial charge < -0.3 is 5.11 Å². The van der Waals surface area contributed by atoms with Crippen molar-refractivity contribution in [1.29, 1.82) is 0 Å². The fourth-order valence-electron chi connectivity index (χ4n) is 0.406. The van der Waals surface area contributed by atoms with E-state index in [1.165, 1.54) is 0 Å². The Morgan fingerprint density at radius 1 is 1.78 bits per heavy atom. The van der Waals surface area contributed by atoms with Crippen molar-refractivity contribution in [1.82, 2.24) is 0 Å². The van der Waals surface area contributed by atoms with Crippen LogP contribution < -0.4 is 0 Å². The minimum Gasteiger partial charge on any atom is -0.494 e. The fraction of sp³-hybridized carbons (Fsp3) is 0.429. The van der Waals surface area contributed by atoms with Gasteiger partial charge in [-0.25, -0.2) is 4.99 Å². The number of aliphatic hydroxyl groups is 1. The molecule has 0 saturated carbocycles. The predicted molar refractivity (Wildman–Crippen MR) is 39.5 cm³/mol. The van der Waals surface area contributed by atoms with E-state index in [0.29, 0.717) is 0 Å². The van der Waals surface area contributed by atoms with E-state index in [-0.39, 0.29) is 5.88 Å². The summed E-state index contributed by atoms with van der Waals surface area (Å²) in [6, 6.07) is 0. The Hall–Kier alpha value is -0.920. The first-order valence-electron chi connectivity index (χ1n) is 2.97. The van der Waals surface area contributed by atoms with Crippen molar-refractivity contribution >= 4 is 6.21 Å². The van der Waals surface area contributed by atoms with E-state index in [1.807, 2.05) is 0 Å². The summed E-state index contributed by atoms with van der Waals surface area (Å²) >= 11 is 0. The van der Waals surface area contributed by atoms with Crippen LogP contribution in [-0.2, 0) is 0 Å². The van der Waals surface area contributed by atoms with Gasteiger partial charge in [0.25, 0.3) is 0 Å². The standard InChI is InChI=1S/C7H11NO/c1-3-4-5-6-8-7(2)9/h6H,1-5H2/p+1. The lowest BCUT2D eigenvalue weighted by atomic mass is 10.3. The second-order valence-electron chi connectivity index (χ2n) is 1.72. The van der Waals surface area contributed by atoms with E-state index < -0.39 is 0 Å². The summed E-state index contributed by atoms with van der Waals surface area (Å²) in [5, 5.41) is 8.44. The minimum atomic E-state index is -0.126. The number of rotatable bonds is 4. The smallest absolute Gasteiger partial charge is 0.202 e. The Morgan fingerprint density at radius 3 is 2.89 bits per heavy atom. The highest BCUT2D eigenvalue weighted by atomic mass is 16.3. The molecule has 0 aliphatic heterocycles. The maximum absolute atomic E-state index is 8.44. The maximum Gasteiger partial charge on any atom is 0.202 e. The van der Waals surface area contributed by atoms with Gasteiger partial charge in [0.15, 0.2) is 0 Å². The molecule has 9 heavy (non-hydrogen) atoms. The molecule has 0 saturated heterocycles. The molecule has 2 heteroatoms. The third kappa shape index (κ3) is 7.08. The normalized spacial score (nSPS) is 10.2. The molecule has 0 aromatic heterocycles. The monoisotopic (exact) mass is 126 g/mol. The average Bonchev–Trinajstić information content (AvgIpc) is 1.80. The van der Waals surface area contributed by atoms with Gasteiger partial charge in [0.1, 0.15) is 0 Å². The van der Waals surface area contributed by atoms with Gasteiger partial charge in [-0.1, -0.05) is 0 Å². The van der Waals surface area contributed by atoms with E-state index in [2.05, 4.69) is 18.5 Å². The molecule has 0 fully saturated rings. The third-order valence-electron chi connectivity index (χ3n) is 0.824. The predicted octanol–water partition coefficient (Wildman–Crippen LogP) is 2.09. The van der Waals surface area contributed by atoms with Crippen molar-refractivity contribution in [3.63, 3.8) is 0 Å². The van der Waals surface area contributed by atoms with E-state index >= 15 is 0 Å². The first-order valence-corrected chi connectivity index (χ1v) is 2.97. The van der Waals surface area contributed by atoms with E-state index in [1.54, 1.807) is 6.21 Å². The quantitative estimate of drug-likeness (QED) is 0.266. The Morgan fingerprint density at radius 2 is 2.44 bits per heavy atom. The molecule has 0 unspecified atom stereocenters. The summed E-state index contributed by atoms with van der Waals surface area (Å²) in [5.41, 5.74) is 0. The summed E-state index contributed by atoms with van der Waals surface area (Å²) < 4.78 is 0. The maximum atomic E-state index is 8.44. The third-order valence-corrected chi connectivity index (χ3v) is 0.824. The van der Waals surface area contributed by atoms with Crippen LogP contribution in [0.5, 0.6) is 0 Å². The van der Waals surface area contributed by atoms with E-state index in [4.69, 9.17) is 5.11 Å². The largest absolute Gasteiger partial charge is 0.494 e. The highest BCUT2D eigenvalue weighted by Crippen LogP contribution is 1.90. The zero-order valence-electron chi connectivity index (χ0n) is 5.51. The summed E-state index contributed by atoms with van der Waals surface area (Å²) in [6.45, 7) is 6.85. The molecule has 0 heterocycles. The number of unbranched alkanes of at least 4 members (excludes halogenated alkanes) is 2. The zero-order chi connectivity index (χ0) is 7.11. The molecule has 0 spiro atoms. The van der Waals surface area contributed by atoms with Gasteiger partial charge in [-0.15, -0.1) is 0 Å². The SMILES string of the molecule is C=C(O)N=CCCC[CH2+]. The zero-order valence-corrected chi connectivity index (χ0v) is 5.51. The molecule has 0 aromatic rings. The minimum absolute atomic E-state index is 0.126. The molecule has 0 bridgehead atoms. The second-order valence-corrected chi connectivity index (χ2v) is 1.72. The highest BCUT2D eigenvalue weighted by molar-refractivity contribution is 5.58. The lowest BCUT2D eigenvalue weighted by Crippen LogP contribution is -1.76. The summed E-state index contributed by atoms with van der Waals surface area (Å²) in [5.74, 6) is -0.126. The van der Waals surface area contributed by atoms with Crippen molar-refractivity contribution in [3.05, 3.63) is 19.4 Å². The van der Waals surface area contributed by atoms with Crippen molar-refractivity contribution in [2.75, 3.05) is 0 Å². The number of hydrogen-bond donors (Lipinski definition) is 1. The Kier molecular flexibility index (Phi) is 4.69. The van der Waals surface area contributed by atoms with Crippen LogP contribution in [0.4, 0.5) is 0 Å². The van der Waals surface area contributed by atoms with Crippen LogP contribution in [0.25, 0.3) is 0 Å². The van der Waals surface area contributed by atoms with Gasteiger partial charge in [-0.2, -0.15) is 0 Å². The number of aliphatic hydroxyl groups excluding tert-OH is 1. The van der Waals surface area contributed by atoms with Crippen LogP contribution in [0.2, 0.25) is 0 Å². The van der Waals surface area contributed by atoms with Gasteiger partial charge in [-0.3, -0.25) is 0 Å². The molecule has 1 N–H and O–H groups in total. The molecule has 0 aromatic carbocycles. The lowest BCUT2D eigenvalue weighted by molar-refractivity contribution is 0.410. The average molecular weight is 126 g/mol. The Bertz CT molecular complexity index is 107. The summed E-state index contributed by atoms with van der Waals surface area (Å²) in [6.07, 6.45) is 4.43. The Balaban J connectivity index is 3.15. The molecular formula is C7H12NO+.